The fourth-order valence-electron chi connectivity index (χ4n) is 2.30. The van der Waals surface area contributed by atoms with Crippen molar-refractivity contribution in [1.29, 1.82) is 0 Å². The van der Waals surface area contributed by atoms with Crippen LogP contribution in [0.25, 0.3) is 0 Å². The lowest BCUT2D eigenvalue weighted by molar-refractivity contribution is 0.138. The molecule has 0 saturated heterocycles. The van der Waals surface area contributed by atoms with Crippen LogP contribution in [0.1, 0.15) is 39.3 Å². The monoisotopic (exact) mass is 286 g/mol. The highest BCUT2D eigenvalue weighted by Gasteiger charge is 2.23. The van der Waals surface area contributed by atoms with Crippen LogP contribution < -0.4 is 5.73 Å². The predicted molar refractivity (Wildman–Crippen MR) is 79.9 cm³/mol. The molecule has 1 aromatic rings. The lowest BCUT2D eigenvalue weighted by Crippen LogP contribution is -2.40. The van der Waals surface area contributed by atoms with E-state index in [1.54, 1.807) is 6.07 Å². The van der Waals surface area contributed by atoms with E-state index in [2.05, 4.69) is 32.6 Å². The first-order valence-corrected chi connectivity index (χ1v) is 7.15. The molecule has 0 aliphatic rings. The Morgan fingerprint density at radius 2 is 1.89 bits per heavy atom. The van der Waals surface area contributed by atoms with E-state index < -0.39 is 0 Å². The first kappa shape index (κ1) is 16.4. The smallest absolute Gasteiger partial charge is 0.142 e. The molecule has 4 heteroatoms. The van der Waals surface area contributed by atoms with Gasteiger partial charge in [0.2, 0.25) is 0 Å². The molecular formula is C15H24ClFN2. The van der Waals surface area contributed by atoms with Crippen LogP contribution >= 0.6 is 11.6 Å². The number of nitrogens with two attached hydrogens (primary N) is 1. The van der Waals surface area contributed by atoms with Crippen LogP contribution in [0.2, 0.25) is 5.02 Å². The second-order valence-electron chi connectivity index (χ2n) is 5.61. The van der Waals surface area contributed by atoms with Crippen LogP contribution in [0.4, 0.5) is 4.39 Å². The van der Waals surface area contributed by atoms with Crippen LogP contribution in [0.5, 0.6) is 0 Å². The molecule has 0 bridgehead atoms. The molecule has 19 heavy (non-hydrogen) atoms. The highest BCUT2D eigenvalue weighted by molar-refractivity contribution is 6.30. The summed E-state index contributed by atoms with van der Waals surface area (Å²) in [5, 5.41) is 0.152. The van der Waals surface area contributed by atoms with Crippen molar-refractivity contribution < 1.29 is 4.39 Å². The van der Waals surface area contributed by atoms with Gasteiger partial charge in [0.15, 0.2) is 0 Å². The fraction of sp³-hybridized carbons (Fsp3) is 0.600. The van der Waals surface area contributed by atoms with Gasteiger partial charge in [0.25, 0.3) is 0 Å². The summed E-state index contributed by atoms with van der Waals surface area (Å²) < 4.78 is 13.6. The first-order valence-electron chi connectivity index (χ1n) is 6.77. The van der Waals surface area contributed by atoms with Crippen molar-refractivity contribution >= 4 is 11.6 Å². The van der Waals surface area contributed by atoms with E-state index in [0.717, 1.165) is 12.1 Å². The molecule has 0 spiro atoms. The summed E-state index contributed by atoms with van der Waals surface area (Å²) in [5.74, 6) is 0.152. The average Bonchev–Trinajstić information content (AvgIpc) is 2.32. The molecule has 0 aliphatic carbocycles. The minimum absolute atomic E-state index is 0.0224. The molecule has 1 atom stereocenters. The van der Waals surface area contributed by atoms with Gasteiger partial charge in [-0.05, 0) is 37.5 Å². The van der Waals surface area contributed by atoms with Crippen LogP contribution in [0.15, 0.2) is 18.2 Å². The summed E-state index contributed by atoms with van der Waals surface area (Å²) in [6, 6.07) is 5.33. The SMILES string of the molecule is CC(C)CN(C(C)C)C(CN)c1ccc(Cl)c(F)c1. The molecule has 0 aromatic heterocycles. The van der Waals surface area contributed by atoms with E-state index in [0.29, 0.717) is 18.5 Å². The van der Waals surface area contributed by atoms with E-state index in [4.69, 9.17) is 17.3 Å². The molecule has 0 aliphatic heterocycles. The van der Waals surface area contributed by atoms with Gasteiger partial charge in [0.1, 0.15) is 5.82 Å². The average molecular weight is 287 g/mol. The minimum Gasteiger partial charge on any atom is -0.329 e. The fourth-order valence-corrected chi connectivity index (χ4v) is 2.42. The molecule has 0 radical (unpaired) electrons. The zero-order valence-electron chi connectivity index (χ0n) is 12.2. The Labute approximate surface area is 120 Å². The number of halogens is 2. The molecule has 2 N–H and O–H groups in total. The second kappa shape index (κ2) is 7.22. The third-order valence-electron chi connectivity index (χ3n) is 3.19. The van der Waals surface area contributed by atoms with Gasteiger partial charge in [0, 0.05) is 25.2 Å². The zero-order chi connectivity index (χ0) is 14.6. The van der Waals surface area contributed by atoms with Gasteiger partial charge < -0.3 is 5.73 Å². The van der Waals surface area contributed by atoms with Gasteiger partial charge in [-0.15, -0.1) is 0 Å². The Balaban J connectivity index is 3.04. The summed E-state index contributed by atoms with van der Waals surface area (Å²) in [6.45, 7) is 10.0. The van der Waals surface area contributed by atoms with Gasteiger partial charge in [-0.2, -0.15) is 0 Å². The summed E-state index contributed by atoms with van der Waals surface area (Å²) >= 11 is 5.74. The van der Waals surface area contributed by atoms with Crippen molar-refractivity contribution in [3.8, 4) is 0 Å². The highest BCUT2D eigenvalue weighted by atomic mass is 35.5. The third-order valence-corrected chi connectivity index (χ3v) is 3.50. The van der Waals surface area contributed by atoms with Gasteiger partial charge in [0.05, 0.1) is 5.02 Å². The van der Waals surface area contributed by atoms with Crippen molar-refractivity contribution in [3.05, 3.63) is 34.6 Å². The topological polar surface area (TPSA) is 29.3 Å². The second-order valence-corrected chi connectivity index (χ2v) is 6.02. The van der Waals surface area contributed by atoms with Crippen molar-refractivity contribution in [2.45, 2.75) is 39.8 Å². The lowest BCUT2D eigenvalue weighted by Gasteiger charge is -2.36. The minimum atomic E-state index is -0.383. The molecule has 2 nitrogen and oxygen atoms in total. The van der Waals surface area contributed by atoms with E-state index >= 15 is 0 Å². The van der Waals surface area contributed by atoms with Gasteiger partial charge in [-0.3, -0.25) is 4.90 Å². The van der Waals surface area contributed by atoms with Crippen molar-refractivity contribution in [1.82, 2.24) is 4.90 Å². The van der Waals surface area contributed by atoms with Gasteiger partial charge >= 0.3 is 0 Å². The standard InChI is InChI=1S/C15H24ClFN2/c1-10(2)9-19(11(3)4)15(8-18)12-5-6-13(16)14(17)7-12/h5-7,10-11,15H,8-9,18H2,1-4H3. The van der Waals surface area contributed by atoms with E-state index in [1.165, 1.54) is 6.07 Å². The molecule has 0 saturated carbocycles. The van der Waals surface area contributed by atoms with Crippen LogP contribution in [-0.4, -0.2) is 24.0 Å². The maximum Gasteiger partial charge on any atom is 0.142 e. The summed E-state index contributed by atoms with van der Waals surface area (Å²) in [7, 11) is 0. The van der Waals surface area contributed by atoms with E-state index in [9.17, 15) is 4.39 Å². The molecule has 108 valence electrons. The Hall–Kier alpha value is -0.640. The van der Waals surface area contributed by atoms with Gasteiger partial charge in [-0.1, -0.05) is 31.5 Å². The van der Waals surface area contributed by atoms with Crippen LogP contribution in [0.3, 0.4) is 0 Å². The van der Waals surface area contributed by atoms with Crippen molar-refractivity contribution in [2.75, 3.05) is 13.1 Å². The highest BCUT2D eigenvalue weighted by Crippen LogP contribution is 2.26. The van der Waals surface area contributed by atoms with Crippen molar-refractivity contribution in [2.24, 2.45) is 11.7 Å². The molecule has 0 fully saturated rings. The number of nitrogens with zero attached hydrogens (tertiary/aromatic N) is 1. The van der Waals surface area contributed by atoms with Crippen LogP contribution in [0, 0.1) is 11.7 Å². The predicted octanol–water partition coefficient (Wildman–Crippen LogP) is 3.85. The number of rotatable bonds is 6. The lowest BCUT2D eigenvalue weighted by atomic mass is 10.0. The maximum absolute atomic E-state index is 13.6. The van der Waals surface area contributed by atoms with Crippen molar-refractivity contribution in [3.63, 3.8) is 0 Å². The number of hydrogen-bond donors (Lipinski definition) is 1. The zero-order valence-corrected chi connectivity index (χ0v) is 12.9. The van der Waals surface area contributed by atoms with E-state index in [1.807, 2.05) is 6.07 Å². The Morgan fingerprint density at radius 1 is 1.26 bits per heavy atom. The quantitative estimate of drug-likeness (QED) is 0.861. The Morgan fingerprint density at radius 3 is 2.32 bits per heavy atom. The molecule has 1 aromatic carbocycles. The number of hydrogen-bond acceptors (Lipinski definition) is 2. The van der Waals surface area contributed by atoms with Gasteiger partial charge in [-0.25, -0.2) is 4.39 Å². The summed E-state index contributed by atoms with van der Waals surface area (Å²) in [6.07, 6.45) is 0. The molecule has 1 rings (SSSR count). The molecular weight excluding hydrogens is 263 g/mol. The normalized spacial score (nSPS) is 13.6. The first-order chi connectivity index (χ1) is 8.86. The molecule has 0 heterocycles. The Kier molecular flexibility index (Phi) is 6.24. The Bertz CT molecular complexity index is 407. The molecule has 0 amide bonds. The maximum atomic E-state index is 13.6. The molecule has 1 unspecified atom stereocenters. The summed E-state index contributed by atoms with van der Waals surface area (Å²) in [4.78, 5) is 2.31. The largest absolute Gasteiger partial charge is 0.329 e. The van der Waals surface area contributed by atoms with Crippen LogP contribution in [-0.2, 0) is 0 Å². The summed E-state index contributed by atoms with van der Waals surface area (Å²) in [5.41, 5.74) is 6.80. The third kappa shape index (κ3) is 4.44. The van der Waals surface area contributed by atoms with E-state index in [-0.39, 0.29) is 16.9 Å². The number of benzene rings is 1.